The fourth-order valence-corrected chi connectivity index (χ4v) is 4.48. The second-order valence-electron chi connectivity index (χ2n) is 8.23. The number of hydrogen-bond acceptors (Lipinski definition) is 6. The van der Waals surface area contributed by atoms with Crippen LogP contribution in [0, 0.1) is 10.1 Å². The van der Waals surface area contributed by atoms with Gasteiger partial charge in [0, 0.05) is 56.4 Å². The number of ether oxygens (including phenoxy) is 1. The topological polar surface area (TPSA) is 88.3 Å². The Morgan fingerprint density at radius 2 is 1.94 bits per heavy atom. The van der Waals surface area contributed by atoms with Gasteiger partial charge in [0.2, 0.25) is 0 Å². The molecule has 168 valence electrons. The van der Waals surface area contributed by atoms with Crippen LogP contribution in [0.25, 0.3) is 0 Å². The first-order chi connectivity index (χ1) is 15.5. The number of rotatable bonds is 6. The predicted octanol–water partition coefficient (Wildman–Crippen LogP) is 4.22. The lowest BCUT2D eigenvalue weighted by molar-refractivity contribution is -0.384. The number of amides is 1. The van der Waals surface area contributed by atoms with Gasteiger partial charge in [0.1, 0.15) is 0 Å². The first-order valence-electron chi connectivity index (χ1n) is 11.0. The van der Waals surface area contributed by atoms with Crippen LogP contribution in [0.5, 0.6) is 0 Å². The van der Waals surface area contributed by atoms with Crippen molar-refractivity contribution in [1.29, 1.82) is 0 Å². The molecule has 0 aliphatic carbocycles. The highest BCUT2D eigenvalue weighted by Gasteiger charge is 2.31. The van der Waals surface area contributed by atoms with Crippen molar-refractivity contribution in [3.8, 4) is 0 Å². The number of carbonyl (C=O) groups excluding carboxylic acids is 1. The van der Waals surface area contributed by atoms with Crippen LogP contribution >= 0.6 is 0 Å². The molecule has 2 aromatic carbocycles. The van der Waals surface area contributed by atoms with Crippen molar-refractivity contribution in [1.82, 2.24) is 4.90 Å². The summed E-state index contributed by atoms with van der Waals surface area (Å²) >= 11 is 0. The summed E-state index contributed by atoms with van der Waals surface area (Å²) in [5.74, 6) is -0.334. The Balaban J connectivity index is 1.60. The molecule has 8 heteroatoms. The smallest absolute Gasteiger partial charge is 0.270 e. The molecule has 32 heavy (non-hydrogen) atoms. The SMILES string of the molecule is CN(C(=O)c1cc([N+](=O)[O-])ccc1/N=C/C1CCCN1C1CCOCC1)c1ccccc1. The number of hydrogen-bond donors (Lipinski definition) is 0. The van der Waals surface area contributed by atoms with E-state index in [9.17, 15) is 14.9 Å². The number of anilines is 1. The van der Waals surface area contributed by atoms with Crippen molar-refractivity contribution in [2.24, 2.45) is 4.99 Å². The predicted molar refractivity (Wildman–Crippen MR) is 124 cm³/mol. The highest BCUT2D eigenvalue weighted by Crippen LogP contribution is 2.29. The molecule has 2 heterocycles. The molecule has 1 atom stereocenters. The fourth-order valence-electron chi connectivity index (χ4n) is 4.48. The molecule has 2 aliphatic rings. The average molecular weight is 437 g/mol. The van der Waals surface area contributed by atoms with Gasteiger partial charge in [-0.15, -0.1) is 0 Å². The molecule has 2 fully saturated rings. The number of non-ortho nitro benzene ring substituents is 1. The highest BCUT2D eigenvalue weighted by atomic mass is 16.6. The molecule has 1 unspecified atom stereocenters. The highest BCUT2D eigenvalue weighted by molar-refractivity contribution is 6.09. The number of nitro groups is 1. The Morgan fingerprint density at radius 1 is 1.19 bits per heavy atom. The Bertz CT molecular complexity index is 989. The van der Waals surface area contributed by atoms with Gasteiger partial charge in [0.15, 0.2) is 0 Å². The first kappa shape index (κ1) is 22.1. The molecule has 2 saturated heterocycles. The molecular formula is C24H28N4O4. The Labute approximate surface area is 187 Å². The monoisotopic (exact) mass is 436 g/mol. The van der Waals surface area contributed by atoms with Crippen molar-refractivity contribution < 1.29 is 14.5 Å². The van der Waals surface area contributed by atoms with E-state index in [1.54, 1.807) is 13.1 Å². The number of nitrogens with zero attached hydrogens (tertiary/aromatic N) is 4. The van der Waals surface area contributed by atoms with Gasteiger partial charge < -0.3 is 9.64 Å². The number of likely N-dealkylation sites (tertiary alicyclic amines) is 1. The molecule has 0 radical (unpaired) electrons. The number of aliphatic imine (C=N–C) groups is 1. The van der Waals surface area contributed by atoms with E-state index in [1.807, 2.05) is 36.5 Å². The maximum absolute atomic E-state index is 13.3. The van der Waals surface area contributed by atoms with Gasteiger partial charge in [-0.25, -0.2) is 0 Å². The van der Waals surface area contributed by atoms with Gasteiger partial charge >= 0.3 is 0 Å². The molecule has 0 saturated carbocycles. The summed E-state index contributed by atoms with van der Waals surface area (Å²) in [6, 6.07) is 14.2. The van der Waals surface area contributed by atoms with Crippen LogP contribution in [0.2, 0.25) is 0 Å². The lowest BCUT2D eigenvalue weighted by Crippen LogP contribution is -2.43. The summed E-state index contributed by atoms with van der Waals surface area (Å²) < 4.78 is 5.50. The van der Waals surface area contributed by atoms with Gasteiger partial charge in [-0.2, -0.15) is 0 Å². The minimum Gasteiger partial charge on any atom is -0.381 e. The lowest BCUT2D eigenvalue weighted by atomic mass is 10.1. The van der Waals surface area contributed by atoms with Crippen LogP contribution in [-0.2, 0) is 4.74 Å². The largest absolute Gasteiger partial charge is 0.381 e. The van der Waals surface area contributed by atoms with E-state index in [-0.39, 0.29) is 23.2 Å². The molecule has 2 aromatic rings. The molecule has 2 aliphatic heterocycles. The summed E-state index contributed by atoms with van der Waals surface area (Å²) in [6.45, 7) is 2.61. The minimum absolute atomic E-state index is 0.126. The molecule has 8 nitrogen and oxygen atoms in total. The van der Waals surface area contributed by atoms with Crippen LogP contribution < -0.4 is 4.90 Å². The average Bonchev–Trinajstić information content (AvgIpc) is 3.31. The van der Waals surface area contributed by atoms with E-state index in [4.69, 9.17) is 4.74 Å². The maximum Gasteiger partial charge on any atom is 0.270 e. The third-order valence-corrected chi connectivity index (χ3v) is 6.26. The van der Waals surface area contributed by atoms with E-state index in [2.05, 4.69) is 9.89 Å². The molecule has 0 spiro atoms. The van der Waals surface area contributed by atoms with Crippen molar-refractivity contribution in [2.45, 2.75) is 37.8 Å². The molecule has 0 bridgehead atoms. The molecule has 4 rings (SSSR count). The van der Waals surface area contributed by atoms with Crippen LogP contribution in [-0.4, -0.2) is 60.8 Å². The van der Waals surface area contributed by atoms with Crippen LogP contribution in [0.15, 0.2) is 53.5 Å². The van der Waals surface area contributed by atoms with Gasteiger partial charge in [-0.1, -0.05) is 18.2 Å². The van der Waals surface area contributed by atoms with Crippen molar-refractivity contribution >= 4 is 29.2 Å². The fraction of sp³-hybridized carbons (Fsp3) is 0.417. The second-order valence-corrected chi connectivity index (χ2v) is 8.23. The van der Waals surface area contributed by atoms with Gasteiger partial charge in [0.25, 0.3) is 11.6 Å². The third-order valence-electron chi connectivity index (χ3n) is 6.26. The van der Waals surface area contributed by atoms with Crippen LogP contribution in [0.3, 0.4) is 0 Å². The number of carbonyl (C=O) groups is 1. The van der Waals surface area contributed by atoms with E-state index < -0.39 is 4.92 Å². The van der Waals surface area contributed by atoms with Crippen molar-refractivity contribution in [3.05, 3.63) is 64.2 Å². The second kappa shape index (κ2) is 10.0. The zero-order chi connectivity index (χ0) is 22.5. The Hall–Kier alpha value is -3.10. The van der Waals surface area contributed by atoms with E-state index >= 15 is 0 Å². The van der Waals surface area contributed by atoms with Crippen LogP contribution in [0.4, 0.5) is 17.1 Å². The number of nitro benzene ring substituents is 1. The van der Waals surface area contributed by atoms with Crippen molar-refractivity contribution in [3.63, 3.8) is 0 Å². The zero-order valence-electron chi connectivity index (χ0n) is 18.2. The molecule has 0 N–H and O–H groups in total. The van der Waals surface area contributed by atoms with Gasteiger partial charge in [0.05, 0.1) is 16.2 Å². The number of benzene rings is 2. The van der Waals surface area contributed by atoms with Gasteiger partial charge in [-0.05, 0) is 50.4 Å². The van der Waals surface area contributed by atoms with E-state index in [1.165, 1.54) is 17.0 Å². The number of para-hydroxylation sites is 1. The molecular weight excluding hydrogens is 408 g/mol. The molecule has 0 aromatic heterocycles. The van der Waals surface area contributed by atoms with Gasteiger partial charge in [-0.3, -0.25) is 24.8 Å². The summed E-state index contributed by atoms with van der Waals surface area (Å²) in [4.78, 5) is 32.7. The van der Waals surface area contributed by atoms with Crippen molar-refractivity contribution in [2.75, 3.05) is 31.7 Å². The van der Waals surface area contributed by atoms with Crippen LogP contribution in [0.1, 0.15) is 36.0 Å². The summed E-state index contributed by atoms with van der Waals surface area (Å²) in [6.07, 6.45) is 6.07. The normalized spacial score (nSPS) is 20.0. The quantitative estimate of drug-likeness (QED) is 0.384. The third kappa shape index (κ3) is 4.87. The zero-order valence-corrected chi connectivity index (χ0v) is 18.2. The minimum atomic E-state index is -0.489. The maximum atomic E-state index is 13.3. The standard InChI is InChI=1S/C24H28N4O4/c1-26(18-6-3-2-4-7-18)24(29)22-16-20(28(30)31)9-10-23(22)25-17-21-8-5-13-27(21)19-11-14-32-15-12-19/h2-4,6-7,9-10,16-17,19,21H,5,8,11-15H2,1H3/b25-17+. The molecule has 1 amide bonds. The van der Waals surface area contributed by atoms with E-state index in [0.29, 0.717) is 17.4 Å². The first-order valence-corrected chi connectivity index (χ1v) is 11.0. The summed E-state index contributed by atoms with van der Waals surface area (Å²) in [5.41, 5.74) is 1.25. The lowest BCUT2D eigenvalue weighted by Gasteiger charge is -2.34. The Kier molecular flexibility index (Phi) is 6.92. The summed E-state index contributed by atoms with van der Waals surface area (Å²) in [7, 11) is 1.66. The van der Waals surface area contributed by atoms with E-state index in [0.717, 1.165) is 45.4 Å². The summed E-state index contributed by atoms with van der Waals surface area (Å²) in [5, 5.41) is 11.3. The Morgan fingerprint density at radius 3 is 2.66 bits per heavy atom.